The molecule has 0 spiro atoms. The smallest absolute Gasteiger partial charge is 0.0492 e. The van der Waals surface area contributed by atoms with Crippen LogP contribution in [0.5, 0.6) is 0 Å². The molecule has 1 fully saturated rings. The lowest BCUT2D eigenvalue weighted by Crippen LogP contribution is -2.51. The molecule has 1 N–H and O–H groups in total. The molecule has 16 heavy (non-hydrogen) atoms. The van der Waals surface area contributed by atoms with E-state index in [1.54, 1.807) is 11.1 Å². The summed E-state index contributed by atoms with van der Waals surface area (Å²) < 4.78 is 0. The van der Waals surface area contributed by atoms with Crippen LogP contribution in [-0.2, 0) is 12.0 Å². The average Bonchev–Trinajstić information content (AvgIpc) is 2.65. The Bertz CT molecular complexity index is 398. The molecule has 0 aromatic heterocycles. The minimum absolute atomic E-state index is 0.273. The lowest BCUT2D eigenvalue weighted by Gasteiger charge is -2.45. The first kappa shape index (κ1) is 10.3. The summed E-state index contributed by atoms with van der Waals surface area (Å²) in [6.07, 6.45) is 5.44. The van der Waals surface area contributed by atoms with Gasteiger partial charge in [-0.15, -0.1) is 0 Å². The Morgan fingerprint density at radius 1 is 1.25 bits per heavy atom. The molecule has 0 saturated heterocycles. The van der Waals surface area contributed by atoms with Gasteiger partial charge in [-0.1, -0.05) is 37.6 Å². The molecule has 0 radical (unpaired) electrons. The van der Waals surface area contributed by atoms with Gasteiger partial charge in [0.1, 0.15) is 0 Å². The Morgan fingerprint density at radius 2 is 2.06 bits per heavy atom. The van der Waals surface area contributed by atoms with Crippen LogP contribution in [0.4, 0.5) is 0 Å². The first-order valence-electron chi connectivity index (χ1n) is 6.56. The fourth-order valence-corrected chi connectivity index (χ4v) is 4.23. The lowest BCUT2D eigenvalue weighted by atomic mass is 9.66. The first-order chi connectivity index (χ1) is 7.79. The zero-order valence-corrected chi connectivity index (χ0v) is 10.3. The van der Waals surface area contributed by atoms with Gasteiger partial charge in [-0.05, 0) is 49.3 Å². The van der Waals surface area contributed by atoms with E-state index in [9.17, 15) is 0 Å². The number of nitrogens with one attached hydrogen (secondary N) is 1. The summed E-state index contributed by atoms with van der Waals surface area (Å²) in [5, 5.41) is 3.69. The molecular weight excluding hydrogens is 194 g/mol. The van der Waals surface area contributed by atoms with E-state index in [0.29, 0.717) is 0 Å². The quantitative estimate of drug-likeness (QED) is 0.759. The maximum absolute atomic E-state index is 3.69. The third-order valence-electron chi connectivity index (χ3n) is 4.95. The van der Waals surface area contributed by atoms with Gasteiger partial charge in [-0.3, -0.25) is 0 Å². The van der Waals surface area contributed by atoms with Crippen LogP contribution in [0.15, 0.2) is 24.3 Å². The van der Waals surface area contributed by atoms with Crippen LogP contribution >= 0.6 is 0 Å². The van der Waals surface area contributed by atoms with E-state index in [4.69, 9.17) is 0 Å². The van der Waals surface area contributed by atoms with Crippen molar-refractivity contribution >= 4 is 0 Å². The van der Waals surface area contributed by atoms with Crippen LogP contribution in [0.25, 0.3) is 0 Å². The Hall–Kier alpha value is -0.820. The zero-order valence-electron chi connectivity index (χ0n) is 10.3. The van der Waals surface area contributed by atoms with Gasteiger partial charge in [-0.2, -0.15) is 0 Å². The molecule has 1 aromatic rings. The molecule has 0 aliphatic heterocycles. The van der Waals surface area contributed by atoms with Crippen molar-refractivity contribution in [2.45, 2.75) is 38.1 Å². The van der Waals surface area contributed by atoms with Crippen LogP contribution < -0.4 is 5.32 Å². The molecule has 86 valence electrons. The van der Waals surface area contributed by atoms with Crippen LogP contribution in [-0.4, -0.2) is 7.05 Å². The van der Waals surface area contributed by atoms with E-state index in [0.717, 1.165) is 11.8 Å². The Balaban J connectivity index is 2.15. The van der Waals surface area contributed by atoms with E-state index in [2.05, 4.69) is 43.6 Å². The van der Waals surface area contributed by atoms with Gasteiger partial charge in [0, 0.05) is 5.54 Å². The van der Waals surface area contributed by atoms with E-state index in [1.807, 2.05) is 0 Å². The molecule has 1 nitrogen and oxygen atoms in total. The molecule has 1 aromatic carbocycles. The second-order valence-electron chi connectivity index (χ2n) is 5.51. The molecule has 0 amide bonds. The van der Waals surface area contributed by atoms with Gasteiger partial charge in [0.05, 0.1) is 0 Å². The summed E-state index contributed by atoms with van der Waals surface area (Å²) >= 11 is 0. The largest absolute Gasteiger partial charge is 0.310 e. The summed E-state index contributed by atoms with van der Waals surface area (Å²) in [6, 6.07) is 9.04. The van der Waals surface area contributed by atoms with Crippen molar-refractivity contribution in [2.24, 2.45) is 11.8 Å². The summed E-state index contributed by atoms with van der Waals surface area (Å²) in [7, 11) is 2.15. The van der Waals surface area contributed by atoms with Crippen molar-refractivity contribution in [3.63, 3.8) is 0 Å². The third kappa shape index (κ3) is 1.15. The number of hydrogen-bond donors (Lipinski definition) is 1. The van der Waals surface area contributed by atoms with E-state index in [1.165, 1.54) is 25.7 Å². The molecule has 0 bridgehead atoms. The van der Waals surface area contributed by atoms with E-state index in [-0.39, 0.29) is 5.54 Å². The molecule has 1 saturated carbocycles. The van der Waals surface area contributed by atoms with Crippen molar-refractivity contribution in [3.8, 4) is 0 Å². The molecule has 3 atom stereocenters. The first-order valence-corrected chi connectivity index (χ1v) is 6.56. The van der Waals surface area contributed by atoms with Crippen molar-refractivity contribution in [2.75, 3.05) is 7.05 Å². The van der Waals surface area contributed by atoms with E-state index < -0.39 is 0 Å². The predicted octanol–water partition coefficient (Wildman–Crippen LogP) is 3.09. The second-order valence-corrected chi connectivity index (χ2v) is 5.51. The van der Waals surface area contributed by atoms with Gasteiger partial charge in [0.25, 0.3) is 0 Å². The maximum Gasteiger partial charge on any atom is 0.0492 e. The zero-order chi connectivity index (χ0) is 11.2. The highest BCUT2D eigenvalue weighted by Gasteiger charge is 2.50. The van der Waals surface area contributed by atoms with Crippen molar-refractivity contribution in [1.82, 2.24) is 5.32 Å². The number of benzene rings is 1. The van der Waals surface area contributed by atoms with Crippen LogP contribution in [0, 0.1) is 11.8 Å². The lowest BCUT2D eigenvalue weighted by molar-refractivity contribution is 0.103. The topological polar surface area (TPSA) is 12.0 Å². The molecule has 2 aliphatic rings. The number of fused-ring (bicyclic) bond motifs is 3. The van der Waals surface area contributed by atoms with Gasteiger partial charge in [-0.25, -0.2) is 0 Å². The molecule has 1 heteroatoms. The van der Waals surface area contributed by atoms with Crippen molar-refractivity contribution in [1.29, 1.82) is 0 Å². The van der Waals surface area contributed by atoms with Crippen LogP contribution in [0.1, 0.15) is 37.3 Å². The monoisotopic (exact) mass is 215 g/mol. The Labute approximate surface area is 98.3 Å². The third-order valence-corrected chi connectivity index (χ3v) is 4.95. The van der Waals surface area contributed by atoms with Gasteiger partial charge < -0.3 is 5.32 Å². The summed E-state index contributed by atoms with van der Waals surface area (Å²) in [6.45, 7) is 2.42. The highest BCUT2D eigenvalue weighted by atomic mass is 15.0. The molecule has 1 unspecified atom stereocenters. The summed E-state index contributed by atoms with van der Waals surface area (Å²) in [5.74, 6) is 1.58. The molecule has 3 rings (SSSR count). The van der Waals surface area contributed by atoms with Crippen LogP contribution in [0.3, 0.4) is 0 Å². The minimum Gasteiger partial charge on any atom is -0.310 e. The fourth-order valence-electron chi connectivity index (χ4n) is 4.23. The van der Waals surface area contributed by atoms with Gasteiger partial charge in [0.2, 0.25) is 0 Å². The number of rotatable bonds is 1. The molecule has 0 heterocycles. The highest BCUT2D eigenvalue weighted by Crippen LogP contribution is 2.52. The fraction of sp³-hybridized carbons (Fsp3) is 0.600. The summed E-state index contributed by atoms with van der Waals surface area (Å²) in [5.41, 5.74) is 3.43. The standard InChI is InChI=1S/C15H21N/c1-11-6-5-8-13-10-12-7-3-4-9-14(12)15(11,13)16-2/h3-4,7,9,11,13,16H,5-6,8,10H2,1-2H3/t11?,13-,15+/m1/s1. The molecule has 2 aliphatic carbocycles. The number of hydrogen-bond acceptors (Lipinski definition) is 1. The Kier molecular flexibility index (Phi) is 2.32. The summed E-state index contributed by atoms with van der Waals surface area (Å²) in [4.78, 5) is 0. The average molecular weight is 215 g/mol. The normalized spacial score (nSPS) is 36.9. The van der Waals surface area contributed by atoms with Crippen molar-refractivity contribution < 1.29 is 0 Å². The SMILES string of the molecule is CN[C@]12c3ccccc3C[C@H]1CCCC2C. The van der Waals surface area contributed by atoms with Crippen LogP contribution in [0.2, 0.25) is 0 Å². The molecular formula is C15H21N. The minimum atomic E-state index is 0.273. The van der Waals surface area contributed by atoms with Gasteiger partial charge >= 0.3 is 0 Å². The highest BCUT2D eigenvalue weighted by molar-refractivity contribution is 5.41. The van der Waals surface area contributed by atoms with Crippen molar-refractivity contribution in [3.05, 3.63) is 35.4 Å². The maximum atomic E-state index is 3.69. The predicted molar refractivity (Wildman–Crippen MR) is 67.4 cm³/mol. The van der Waals surface area contributed by atoms with Gasteiger partial charge in [0.15, 0.2) is 0 Å². The second kappa shape index (κ2) is 3.59. The Morgan fingerprint density at radius 3 is 2.88 bits per heavy atom. The van der Waals surface area contributed by atoms with E-state index >= 15 is 0 Å².